The molecule has 0 spiro atoms. The molecule has 0 atom stereocenters. The molecule has 1 rings (SSSR count). The summed E-state index contributed by atoms with van der Waals surface area (Å²) in [5.74, 6) is 1.60. The van der Waals surface area contributed by atoms with E-state index in [2.05, 4.69) is 23.4 Å². The molecule has 3 nitrogen and oxygen atoms in total. The number of aromatic nitrogens is 2. The van der Waals surface area contributed by atoms with Gasteiger partial charge in [0.2, 0.25) is 0 Å². The van der Waals surface area contributed by atoms with Gasteiger partial charge >= 0.3 is 0 Å². The van der Waals surface area contributed by atoms with Gasteiger partial charge in [-0.05, 0) is 0 Å². The Morgan fingerprint density at radius 1 is 1.58 bits per heavy atom. The van der Waals surface area contributed by atoms with E-state index < -0.39 is 0 Å². The van der Waals surface area contributed by atoms with Crippen LogP contribution in [0.3, 0.4) is 0 Å². The Kier molecular flexibility index (Phi) is 4.93. The molecule has 2 N–H and O–H groups in total. The first-order valence-corrected chi connectivity index (χ1v) is 3.96. The van der Waals surface area contributed by atoms with Crippen LogP contribution in [0.5, 0.6) is 0 Å². The number of halogens is 1. The molecule has 12 heavy (non-hydrogen) atoms. The summed E-state index contributed by atoms with van der Waals surface area (Å²) in [7, 11) is 0. The Morgan fingerprint density at radius 3 is 2.75 bits per heavy atom. The summed E-state index contributed by atoms with van der Waals surface area (Å²) in [6, 6.07) is 0. The molecule has 70 valence electrons. The highest BCUT2D eigenvalue weighted by Gasteiger charge is 2.04. The van der Waals surface area contributed by atoms with E-state index in [1.54, 1.807) is 0 Å². The fraction of sp³-hybridized carbons (Fsp3) is 0.625. The lowest BCUT2D eigenvalue weighted by atomic mass is 10.2. The molecule has 0 aliphatic carbocycles. The smallest absolute Gasteiger partial charge is 0.111 e. The van der Waals surface area contributed by atoms with Gasteiger partial charge in [-0.1, -0.05) is 13.8 Å². The lowest BCUT2D eigenvalue weighted by molar-refractivity contribution is 0.627. The Hall–Kier alpha value is -0.540. The maximum absolute atomic E-state index is 5.44. The van der Waals surface area contributed by atoms with Crippen LogP contribution in [0.4, 0.5) is 0 Å². The van der Waals surface area contributed by atoms with Crippen LogP contribution >= 0.6 is 12.4 Å². The van der Waals surface area contributed by atoms with Crippen molar-refractivity contribution in [3.8, 4) is 0 Å². The van der Waals surface area contributed by atoms with Gasteiger partial charge < -0.3 is 10.3 Å². The number of nitrogens with two attached hydrogens (primary N) is 1. The van der Waals surface area contributed by atoms with Crippen molar-refractivity contribution in [2.24, 2.45) is 5.73 Å². The van der Waals surface area contributed by atoms with Gasteiger partial charge in [-0.15, -0.1) is 12.4 Å². The van der Waals surface area contributed by atoms with Crippen molar-refractivity contribution in [3.05, 3.63) is 18.2 Å². The first-order valence-electron chi connectivity index (χ1n) is 3.96. The van der Waals surface area contributed by atoms with Gasteiger partial charge in [0.1, 0.15) is 5.82 Å². The molecule has 1 aromatic heterocycles. The van der Waals surface area contributed by atoms with Crippen molar-refractivity contribution >= 4 is 12.4 Å². The first kappa shape index (κ1) is 11.5. The van der Waals surface area contributed by atoms with Crippen molar-refractivity contribution in [1.29, 1.82) is 0 Å². The molecular weight excluding hydrogens is 174 g/mol. The number of hydrogen-bond acceptors (Lipinski definition) is 2. The molecule has 0 saturated carbocycles. The SMILES string of the molecule is CC(C)c1nccn1CCN.Cl. The molecule has 0 aliphatic rings. The Labute approximate surface area is 79.4 Å². The average molecular weight is 190 g/mol. The fourth-order valence-corrected chi connectivity index (χ4v) is 1.15. The molecule has 0 fully saturated rings. The number of nitrogens with zero attached hydrogens (tertiary/aromatic N) is 2. The minimum Gasteiger partial charge on any atom is -0.333 e. The lowest BCUT2D eigenvalue weighted by Crippen LogP contribution is -2.12. The van der Waals surface area contributed by atoms with Crippen LogP contribution in [0, 0.1) is 0 Å². The van der Waals surface area contributed by atoms with Gasteiger partial charge in [0.15, 0.2) is 0 Å². The Balaban J connectivity index is 0.00000121. The van der Waals surface area contributed by atoms with Gasteiger partial charge in [-0.3, -0.25) is 0 Å². The van der Waals surface area contributed by atoms with Gasteiger partial charge in [0, 0.05) is 31.4 Å². The van der Waals surface area contributed by atoms with E-state index in [0.29, 0.717) is 12.5 Å². The second-order valence-electron chi connectivity index (χ2n) is 2.92. The maximum Gasteiger partial charge on any atom is 0.111 e. The summed E-state index contributed by atoms with van der Waals surface area (Å²) in [6.07, 6.45) is 3.80. The van der Waals surface area contributed by atoms with E-state index in [4.69, 9.17) is 5.73 Å². The zero-order chi connectivity index (χ0) is 8.27. The van der Waals surface area contributed by atoms with Crippen LogP contribution in [0.25, 0.3) is 0 Å². The summed E-state index contributed by atoms with van der Waals surface area (Å²) in [4.78, 5) is 4.24. The predicted molar refractivity (Wildman–Crippen MR) is 52.6 cm³/mol. The highest BCUT2D eigenvalue weighted by Crippen LogP contribution is 2.10. The Bertz CT molecular complexity index is 220. The quantitative estimate of drug-likeness (QED) is 0.781. The zero-order valence-electron chi connectivity index (χ0n) is 7.53. The van der Waals surface area contributed by atoms with Crippen molar-refractivity contribution in [1.82, 2.24) is 9.55 Å². The van der Waals surface area contributed by atoms with E-state index in [0.717, 1.165) is 12.4 Å². The van der Waals surface area contributed by atoms with Gasteiger partial charge in [0.25, 0.3) is 0 Å². The first-order chi connectivity index (χ1) is 5.25. The predicted octanol–water partition coefficient (Wildman–Crippen LogP) is 1.39. The third kappa shape index (κ3) is 2.50. The molecule has 4 heteroatoms. The maximum atomic E-state index is 5.44. The fourth-order valence-electron chi connectivity index (χ4n) is 1.15. The average Bonchev–Trinajstić information content (AvgIpc) is 2.36. The van der Waals surface area contributed by atoms with Gasteiger partial charge in [-0.25, -0.2) is 4.98 Å². The molecule has 0 radical (unpaired) electrons. The summed E-state index contributed by atoms with van der Waals surface area (Å²) < 4.78 is 2.10. The van der Waals surface area contributed by atoms with E-state index in [-0.39, 0.29) is 12.4 Å². The molecule has 0 unspecified atom stereocenters. The van der Waals surface area contributed by atoms with Crippen LogP contribution in [0.1, 0.15) is 25.6 Å². The highest BCUT2D eigenvalue weighted by molar-refractivity contribution is 5.85. The Morgan fingerprint density at radius 2 is 2.25 bits per heavy atom. The van der Waals surface area contributed by atoms with E-state index in [9.17, 15) is 0 Å². The largest absolute Gasteiger partial charge is 0.333 e. The summed E-state index contributed by atoms with van der Waals surface area (Å²) in [6.45, 7) is 5.81. The third-order valence-corrected chi connectivity index (χ3v) is 1.63. The molecule has 0 saturated heterocycles. The van der Waals surface area contributed by atoms with Crippen LogP contribution < -0.4 is 5.73 Å². The molecule has 1 aromatic rings. The standard InChI is InChI=1S/C8H15N3.ClH/c1-7(2)8-10-4-6-11(8)5-3-9;/h4,6-7H,3,5,9H2,1-2H3;1H. The van der Waals surface area contributed by atoms with E-state index >= 15 is 0 Å². The molecular formula is C8H16ClN3. The minimum absolute atomic E-state index is 0. The minimum atomic E-state index is 0. The van der Waals surface area contributed by atoms with E-state index in [1.165, 1.54) is 0 Å². The van der Waals surface area contributed by atoms with Crippen LogP contribution in [-0.2, 0) is 6.54 Å². The molecule has 0 amide bonds. The van der Waals surface area contributed by atoms with E-state index in [1.807, 2.05) is 12.4 Å². The second kappa shape index (κ2) is 5.17. The molecule has 0 bridgehead atoms. The molecule has 0 aliphatic heterocycles. The second-order valence-corrected chi connectivity index (χ2v) is 2.92. The van der Waals surface area contributed by atoms with Crippen molar-refractivity contribution in [2.75, 3.05) is 6.54 Å². The summed E-state index contributed by atoms with van der Waals surface area (Å²) in [5, 5.41) is 0. The van der Waals surface area contributed by atoms with Gasteiger partial charge in [-0.2, -0.15) is 0 Å². The lowest BCUT2D eigenvalue weighted by Gasteiger charge is -2.07. The number of hydrogen-bond donors (Lipinski definition) is 1. The highest BCUT2D eigenvalue weighted by atomic mass is 35.5. The number of rotatable bonds is 3. The summed E-state index contributed by atoms with van der Waals surface area (Å²) >= 11 is 0. The third-order valence-electron chi connectivity index (χ3n) is 1.63. The van der Waals surface area contributed by atoms with Crippen LogP contribution in [-0.4, -0.2) is 16.1 Å². The zero-order valence-corrected chi connectivity index (χ0v) is 8.34. The van der Waals surface area contributed by atoms with Crippen LogP contribution in [0.15, 0.2) is 12.4 Å². The monoisotopic (exact) mass is 189 g/mol. The van der Waals surface area contributed by atoms with Crippen molar-refractivity contribution in [2.45, 2.75) is 26.3 Å². The topological polar surface area (TPSA) is 43.8 Å². The van der Waals surface area contributed by atoms with Crippen molar-refractivity contribution in [3.63, 3.8) is 0 Å². The van der Waals surface area contributed by atoms with Crippen LogP contribution in [0.2, 0.25) is 0 Å². The molecule has 1 heterocycles. The number of imidazole rings is 1. The van der Waals surface area contributed by atoms with Crippen molar-refractivity contribution < 1.29 is 0 Å². The van der Waals surface area contributed by atoms with Gasteiger partial charge in [0.05, 0.1) is 0 Å². The molecule has 0 aromatic carbocycles. The summed E-state index contributed by atoms with van der Waals surface area (Å²) in [5.41, 5.74) is 5.44. The normalized spacial score (nSPS) is 10.0.